The van der Waals surface area contributed by atoms with Crippen molar-refractivity contribution in [3.63, 3.8) is 0 Å². The van der Waals surface area contributed by atoms with Crippen LogP contribution in [-0.2, 0) is 21.7 Å². The van der Waals surface area contributed by atoms with Crippen LogP contribution in [0, 0.1) is 10.1 Å². The first kappa shape index (κ1) is 33.7. The van der Waals surface area contributed by atoms with Gasteiger partial charge in [-0.25, -0.2) is 0 Å². The zero-order chi connectivity index (χ0) is 21.4. The van der Waals surface area contributed by atoms with Crippen LogP contribution in [0.4, 0.5) is 5.69 Å². The summed E-state index contributed by atoms with van der Waals surface area (Å²) in [5.41, 5.74) is 0.507. The normalized spacial score (nSPS) is 10.7. The van der Waals surface area contributed by atoms with E-state index in [-0.39, 0.29) is 45.7 Å². The number of hydrogen-bond donors (Lipinski definition) is 4. The first-order valence-electron chi connectivity index (χ1n) is 8.35. The van der Waals surface area contributed by atoms with Gasteiger partial charge in [0.15, 0.2) is 0 Å². The average Bonchev–Trinajstić information content (AvgIpc) is 2.44. The van der Waals surface area contributed by atoms with E-state index >= 15 is 0 Å². The number of aliphatic hydroxyl groups excluding tert-OH is 4. The molecule has 158 valence electrons. The average molecular weight is 424 g/mol. The zero-order valence-electron chi connectivity index (χ0n) is 17.6. The van der Waals surface area contributed by atoms with Gasteiger partial charge in [0.05, 0.1) is 4.92 Å². The number of aliphatic hydroxyl groups is 4. The Morgan fingerprint density at radius 1 is 0.889 bits per heavy atom. The monoisotopic (exact) mass is 424 g/mol. The predicted octanol–water partition coefficient (Wildman–Crippen LogP) is 2.31. The Balaban J connectivity index is -0.000000169. The molecule has 0 aliphatic rings. The van der Waals surface area contributed by atoms with Crippen LogP contribution in [0.2, 0.25) is 0 Å². The number of benzene rings is 1. The van der Waals surface area contributed by atoms with E-state index in [1.165, 1.54) is 12.1 Å². The molecule has 0 spiro atoms. The molecule has 0 amide bonds. The number of hydrogen-bond acceptors (Lipinski definition) is 7. The SMILES string of the molecule is CC(C)O.CC(C)O.CC(C)O.CN(C)C(O)c1cccc([N+](=O)[O-])c1.[Ti]. The number of nitro benzene ring substituents is 1. The van der Waals surface area contributed by atoms with E-state index in [4.69, 9.17) is 15.3 Å². The van der Waals surface area contributed by atoms with Gasteiger partial charge in [0.1, 0.15) is 6.23 Å². The molecular formula is C18H36N2O6Ti. The van der Waals surface area contributed by atoms with Crippen molar-refractivity contribution in [3.05, 3.63) is 39.9 Å². The summed E-state index contributed by atoms with van der Waals surface area (Å²) in [6.07, 6.45) is -1.31. The second kappa shape index (κ2) is 19.9. The van der Waals surface area contributed by atoms with Crippen LogP contribution in [0.1, 0.15) is 53.3 Å². The largest absolute Gasteiger partial charge is 0.394 e. The van der Waals surface area contributed by atoms with E-state index in [0.29, 0.717) is 5.56 Å². The topological polar surface area (TPSA) is 127 Å². The summed E-state index contributed by atoms with van der Waals surface area (Å²) < 4.78 is 0. The van der Waals surface area contributed by atoms with E-state index in [1.807, 2.05) is 0 Å². The zero-order valence-corrected chi connectivity index (χ0v) is 19.2. The van der Waals surface area contributed by atoms with Crippen molar-refractivity contribution in [2.45, 2.75) is 66.1 Å². The molecule has 4 N–H and O–H groups in total. The van der Waals surface area contributed by atoms with Gasteiger partial charge in [0.25, 0.3) is 5.69 Å². The van der Waals surface area contributed by atoms with Gasteiger partial charge >= 0.3 is 0 Å². The summed E-state index contributed by atoms with van der Waals surface area (Å²) in [5, 5.41) is 44.2. The van der Waals surface area contributed by atoms with Gasteiger partial charge in [-0.05, 0) is 55.6 Å². The molecule has 0 aliphatic carbocycles. The molecule has 0 radical (unpaired) electrons. The first-order valence-corrected chi connectivity index (χ1v) is 8.35. The first-order chi connectivity index (χ1) is 11.7. The molecule has 0 heterocycles. The van der Waals surface area contributed by atoms with E-state index in [0.717, 1.165) is 0 Å². The summed E-state index contributed by atoms with van der Waals surface area (Å²) in [4.78, 5) is 11.5. The number of non-ortho nitro benzene ring substituents is 1. The van der Waals surface area contributed by atoms with Gasteiger partial charge in [0.2, 0.25) is 0 Å². The quantitative estimate of drug-likeness (QED) is 0.254. The Kier molecular flexibility index (Phi) is 24.8. The minimum absolute atomic E-state index is 0. The molecule has 0 aliphatic heterocycles. The standard InChI is InChI=1S/C9H12N2O3.3C3H8O.Ti/c1-10(2)9(12)7-4-3-5-8(6-7)11(13)14;3*1-3(2)4;/h3-6,9,12H,1-2H3;3*3-4H,1-2H3;. The Morgan fingerprint density at radius 2 is 1.22 bits per heavy atom. The van der Waals surface area contributed by atoms with Gasteiger partial charge < -0.3 is 20.4 Å². The van der Waals surface area contributed by atoms with Crippen LogP contribution in [0.3, 0.4) is 0 Å². The molecule has 1 unspecified atom stereocenters. The Morgan fingerprint density at radius 3 is 1.48 bits per heavy atom. The summed E-state index contributed by atoms with van der Waals surface area (Å²) in [6, 6.07) is 5.97. The summed E-state index contributed by atoms with van der Waals surface area (Å²) in [6.45, 7) is 10.3. The molecule has 1 rings (SSSR count). The predicted molar refractivity (Wildman–Crippen MR) is 104 cm³/mol. The molecule has 1 atom stereocenters. The summed E-state index contributed by atoms with van der Waals surface area (Å²) >= 11 is 0. The summed E-state index contributed by atoms with van der Waals surface area (Å²) in [7, 11) is 3.40. The molecule has 1 aromatic rings. The Bertz CT molecular complexity index is 448. The fourth-order valence-corrected chi connectivity index (χ4v) is 1.10. The van der Waals surface area contributed by atoms with Gasteiger partial charge in [-0.1, -0.05) is 12.1 Å². The third-order valence-corrected chi connectivity index (χ3v) is 1.87. The molecule has 8 nitrogen and oxygen atoms in total. The fraction of sp³-hybridized carbons (Fsp3) is 0.667. The molecular weight excluding hydrogens is 388 g/mol. The van der Waals surface area contributed by atoms with E-state index in [9.17, 15) is 15.2 Å². The third-order valence-electron chi connectivity index (χ3n) is 1.87. The van der Waals surface area contributed by atoms with Crippen molar-refractivity contribution >= 4 is 5.69 Å². The van der Waals surface area contributed by atoms with Crippen LogP contribution in [0.15, 0.2) is 24.3 Å². The van der Waals surface area contributed by atoms with Crippen LogP contribution in [0.25, 0.3) is 0 Å². The van der Waals surface area contributed by atoms with E-state index < -0.39 is 11.2 Å². The maximum absolute atomic E-state index is 10.5. The van der Waals surface area contributed by atoms with Crippen LogP contribution < -0.4 is 0 Å². The van der Waals surface area contributed by atoms with Crippen LogP contribution in [-0.4, -0.2) is 62.7 Å². The van der Waals surface area contributed by atoms with Crippen molar-refractivity contribution in [2.24, 2.45) is 0 Å². The second-order valence-corrected chi connectivity index (χ2v) is 6.47. The minimum Gasteiger partial charge on any atom is -0.394 e. The van der Waals surface area contributed by atoms with Crippen molar-refractivity contribution in [1.29, 1.82) is 0 Å². The molecule has 0 fully saturated rings. The fourth-order valence-electron chi connectivity index (χ4n) is 1.10. The van der Waals surface area contributed by atoms with Crippen molar-refractivity contribution in [1.82, 2.24) is 4.90 Å². The molecule has 1 aromatic carbocycles. The Labute approximate surface area is 177 Å². The van der Waals surface area contributed by atoms with Crippen LogP contribution in [0.5, 0.6) is 0 Å². The van der Waals surface area contributed by atoms with Crippen molar-refractivity contribution < 1.29 is 47.1 Å². The molecule has 0 aromatic heterocycles. The smallest absolute Gasteiger partial charge is 0.269 e. The van der Waals surface area contributed by atoms with E-state index in [1.54, 1.807) is 72.7 Å². The summed E-state index contributed by atoms with van der Waals surface area (Å²) in [5.74, 6) is 0. The van der Waals surface area contributed by atoms with Gasteiger partial charge in [-0.2, -0.15) is 0 Å². The number of rotatable bonds is 3. The van der Waals surface area contributed by atoms with Gasteiger partial charge in [-0.15, -0.1) is 0 Å². The van der Waals surface area contributed by atoms with Gasteiger partial charge in [0, 0.05) is 57.7 Å². The Hall–Kier alpha value is -0.866. The second-order valence-electron chi connectivity index (χ2n) is 6.47. The maximum Gasteiger partial charge on any atom is 0.269 e. The maximum atomic E-state index is 10.5. The van der Waals surface area contributed by atoms with Crippen molar-refractivity contribution in [2.75, 3.05) is 14.1 Å². The molecule has 0 saturated carbocycles. The van der Waals surface area contributed by atoms with E-state index in [2.05, 4.69) is 0 Å². The number of nitrogens with zero attached hydrogens (tertiary/aromatic N) is 2. The third kappa shape index (κ3) is 30.1. The van der Waals surface area contributed by atoms with Gasteiger partial charge in [-0.3, -0.25) is 15.0 Å². The molecule has 0 saturated heterocycles. The molecule has 0 bridgehead atoms. The number of nitro groups is 1. The minimum atomic E-state index is -0.810. The molecule has 9 heteroatoms. The van der Waals surface area contributed by atoms with Crippen molar-refractivity contribution in [3.8, 4) is 0 Å². The molecule has 27 heavy (non-hydrogen) atoms. The van der Waals surface area contributed by atoms with Crippen LogP contribution >= 0.6 is 0 Å².